The molecule has 0 amide bonds. The molecule has 1 aromatic rings. The van der Waals surface area contributed by atoms with Gasteiger partial charge in [0.05, 0.1) is 13.5 Å². The van der Waals surface area contributed by atoms with Crippen LogP contribution in [0.4, 0.5) is 5.69 Å². The summed E-state index contributed by atoms with van der Waals surface area (Å²) in [5, 5.41) is 0. The molecule has 0 aromatic heterocycles. The molecule has 0 heterocycles. The van der Waals surface area contributed by atoms with E-state index in [1.807, 2.05) is 6.92 Å². The van der Waals surface area contributed by atoms with E-state index in [4.69, 9.17) is 5.73 Å². The second kappa shape index (κ2) is 6.03. The normalized spacial score (nSPS) is 11.9. The third-order valence-electron chi connectivity index (χ3n) is 2.70. The summed E-state index contributed by atoms with van der Waals surface area (Å²) in [6.45, 7) is 1.88. The molecule has 0 spiro atoms. The standard InChI is InChI=1S/C13H17NO3/c1-3-9(8-12(15)17-2)13(16)10-4-6-11(14)7-5-10/h4-7,9H,3,8,14H2,1-2H3/t9-/m1/s1. The number of esters is 1. The lowest BCUT2D eigenvalue weighted by Crippen LogP contribution is -2.18. The third-order valence-corrected chi connectivity index (χ3v) is 2.70. The van der Waals surface area contributed by atoms with Gasteiger partial charge in [0, 0.05) is 17.2 Å². The maximum atomic E-state index is 12.1. The molecule has 1 aromatic carbocycles. The number of nitrogen functional groups attached to an aromatic ring is 1. The summed E-state index contributed by atoms with van der Waals surface area (Å²) in [5.74, 6) is -0.732. The van der Waals surface area contributed by atoms with Crippen LogP contribution >= 0.6 is 0 Å². The van der Waals surface area contributed by atoms with Gasteiger partial charge in [-0.3, -0.25) is 9.59 Å². The number of ether oxygens (including phenoxy) is 1. The number of carbonyl (C=O) groups excluding carboxylic acids is 2. The minimum absolute atomic E-state index is 0.0436. The molecule has 0 radical (unpaired) electrons. The minimum atomic E-state index is -0.361. The van der Waals surface area contributed by atoms with E-state index >= 15 is 0 Å². The van der Waals surface area contributed by atoms with E-state index in [1.54, 1.807) is 24.3 Å². The van der Waals surface area contributed by atoms with Gasteiger partial charge in [0.15, 0.2) is 5.78 Å². The highest BCUT2D eigenvalue weighted by molar-refractivity contribution is 5.99. The number of rotatable bonds is 5. The smallest absolute Gasteiger partial charge is 0.306 e. The summed E-state index contributed by atoms with van der Waals surface area (Å²) in [5.41, 5.74) is 6.74. The topological polar surface area (TPSA) is 69.4 Å². The molecule has 4 heteroatoms. The molecule has 0 aliphatic rings. The van der Waals surface area contributed by atoms with Crippen molar-refractivity contribution in [3.63, 3.8) is 0 Å². The summed E-state index contributed by atoms with van der Waals surface area (Å²) < 4.78 is 4.58. The zero-order chi connectivity index (χ0) is 12.8. The molecular weight excluding hydrogens is 218 g/mol. The van der Waals surface area contributed by atoms with E-state index in [9.17, 15) is 9.59 Å². The molecule has 1 atom stereocenters. The highest BCUT2D eigenvalue weighted by Crippen LogP contribution is 2.17. The monoisotopic (exact) mass is 235 g/mol. The molecule has 17 heavy (non-hydrogen) atoms. The zero-order valence-electron chi connectivity index (χ0n) is 10.1. The van der Waals surface area contributed by atoms with Crippen molar-refractivity contribution in [1.82, 2.24) is 0 Å². The van der Waals surface area contributed by atoms with E-state index in [-0.39, 0.29) is 24.1 Å². The number of ketones is 1. The maximum Gasteiger partial charge on any atom is 0.306 e. The molecule has 0 saturated heterocycles. The van der Waals surface area contributed by atoms with Crippen LogP contribution < -0.4 is 5.73 Å². The molecule has 92 valence electrons. The first-order valence-corrected chi connectivity index (χ1v) is 5.55. The van der Waals surface area contributed by atoms with Gasteiger partial charge in [0.1, 0.15) is 0 Å². The predicted molar refractivity (Wildman–Crippen MR) is 65.6 cm³/mol. The number of Topliss-reactive ketones (excluding diaryl/α,β-unsaturated/α-hetero) is 1. The molecule has 0 aliphatic heterocycles. The number of hydrogen-bond donors (Lipinski definition) is 1. The Hall–Kier alpha value is -1.84. The Kier molecular flexibility index (Phi) is 4.69. The summed E-state index contributed by atoms with van der Waals surface area (Å²) in [6.07, 6.45) is 0.731. The lowest BCUT2D eigenvalue weighted by molar-refractivity contribution is -0.141. The van der Waals surface area contributed by atoms with Crippen LogP contribution in [-0.4, -0.2) is 18.9 Å². The second-order valence-electron chi connectivity index (χ2n) is 3.87. The summed E-state index contributed by atoms with van der Waals surface area (Å²) in [4.78, 5) is 23.3. The maximum absolute atomic E-state index is 12.1. The molecule has 2 N–H and O–H groups in total. The van der Waals surface area contributed by atoms with Gasteiger partial charge in [-0.1, -0.05) is 6.92 Å². The van der Waals surface area contributed by atoms with Gasteiger partial charge >= 0.3 is 5.97 Å². The van der Waals surface area contributed by atoms with Crippen LogP contribution in [0.15, 0.2) is 24.3 Å². The van der Waals surface area contributed by atoms with Crippen molar-refractivity contribution in [2.24, 2.45) is 5.92 Å². The van der Waals surface area contributed by atoms with Crippen molar-refractivity contribution in [2.75, 3.05) is 12.8 Å². The molecule has 0 aliphatic carbocycles. The van der Waals surface area contributed by atoms with Crippen LogP contribution in [0.25, 0.3) is 0 Å². The highest BCUT2D eigenvalue weighted by atomic mass is 16.5. The predicted octanol–water partition coefficient (Wildman–Crippen LogP) is 2.04. The lowest BCUT2D eigenvalue weighted by atomic mass is 9.92. The number of methoxy groups -OCH3 is 1. The van der Waals surface area contributed by atoms with E-state index in [2.05, 4.69) is 4.74 Å². The number of hydrogen-bond acceptors (Lipinski definition) is 4. The largest absolute Gasteiger partial charge is 0.469 e. The van der Waals surface area contributed by atoms with Crippen molar-refractivity contribution in [1.29, 1.82) is 0 Å². The highest BCUT2D eigenvalue weighted by Gasteiger charge is 2.21. The van der Waals surface area contributed by atoms with Gasteiger partial charge in [-0.05, 0) is 30.7 Å². The minimum Gasteiger partial charge on any atom is -0.469 e. The molecular formula is C13H17NO3. The first-order chi connectivity index (χ1) is 8.08. The van der Waals surface area contributed by atoms with Gasteiger partial charge in [0.2, 0.25) is 0 Å². The first-order valence-electron chi connectivity index (χ1n) is 5.55. The Balaban J connectivity index is 2.78. The van der Waals surface area contributed by atoms with E-state index in [0.29, 0.717) is 17.7 Å². The van der Waals surface area contributed by atoms with Gasteiger partial charge in [-0.15, -0.1) is 0 Å². The van der Waals surface area contributed by atoms with E-state index in [1.165, 1.54) is 7.11 Å². The first kappa shape index (κ1) is 13.2. The molecule has 0 saturated carbocycles. The number of carbonyl (C=O) groups is 2. The Morgan fingerprint density at radius 3 is 2.35 bits per heavy atom. The third kappa shape index (κ3) is 3.59. The van der Waals surface area contributed by atoms with Crippen molar-refractivity contribution in [3.05, 3.63) is 29.8 Å². The van der Waals surface area contributed by atoms with Crippen LogP contribution in [0.2, 0.25) is 0 Å². The number of nitrogens with two attached hydrogens (primary N) is 1. The Labute approximate surface area is 101 Å². The Bertz CT molecular complexity index is 398. The average Bonchev–Trinajstić information content (AvgIpc) is 2.35. The Morgan fingerprint density at radius 1 is 1.29 bits per heavy atom. The van der Waals surface area contributed by atoms with E-state index < -0.39 is 0 Å². The van der Waals surface area contributed by atoms with Crippen molar-refractivity contribution in [3.8, 4) is 0 Å². The molecule has 0 bridgehead atoms. The summed E-state index contributed by atoms with van der Waals surface area (Å²) in [6, 6.07) is 6.71. The van der Waals surface area contributed by atoms with Gasteiger partial charge < -0.3 is 10.5 Å². The van der Waals surface area contributed by atoms with Crippen molar-refractivity contribution < 1.29 is 14.3 Å². The fourth-order valence-corrected chi connectivity index (χ4v) is 1.59. The zero-order valence-corrected chi connectivity index (χ0v) is 10.1. The fraction of sp³-hybridized carbons (Fsp3) is 0.385. The number of benzene rings is 1. The van der Waals surface area contributed by atoms with Crippen LogP contribution in [0, 0.1) is 5.92 Å². The molecule has 1 rings (SSSR count). The summed E-state index contributed by atoms with van der Waals surface area (Å²) in [7, 11) is 1.32. The molecule has 0 unspecified atom stereocenters. The second-order valence-corrected chi connectivity index (χ2v) is 3.87. The fourth-order valence-electron chi connectivity index (χ4n) is 1.59. The van der Waals surface area contributed by atoms with Gasteiger partial charge in [0.25, 0.3) is 0 Å². The van der Waals surface area contributed by atoms with Crippen molar-refractivity contribution in [2.45, 2.75) is 19.8 Å². The van der Waals surface area contributed by atoms with Gasteiger partial charge in [-0.2, -0.15) is 0 Å². The Morgan fingerprint density at radius 2 is 1.88 bits per heavy atom. The molecule has 4 nitrogen and oxygen atoms in total. The SMILES string of the molecule is CC[C@H](CC(=O)OC)C(=O)c1ccc(N)cc1. The van der Waals surface area contributed by atoms with Crippen LogP contribution in [-0.2, 0) is 9.53 Å². The summed E-state index contributed by atoms with van der Waals surface area (Å²) >= 11 is 0. The van der Waals surface area contributed by atoms with Crippen LogP contribution in [0.3, 0.4) is 0 Å². The van der Waals surface area contributed by atoms with E-state index in [0.717, 1.165) is 0 Å². The van der Waals surface area contributed by atoms with Gasteiger partial charge in [-0.25, -0.2) is 0 Å². The quantitative estimate of drug-likeness (QED) is 0.481. The van der Waals surface area contributed by atoms with Crippen molar-refractivity contribution >= 4 is 17.4 Å². The van der Waals surface area contributed by atoms with Crippen LogP contribution in [0.1, 0.15) is 30.1 Å². The lowest BCUT2D eigenvalue weighted by Gasteiger charge is -2.12. The van der Waals surface area contributed by atoms with Crippen LogP contribution in [0.5, 0.6) is 0 Å². The number of anilines is 1. The average molecular weight is 235 g/mol. The molecule has 0 fully saturated rings.